The van der Waals surface area contributed by atoms with Crippen LogP contribution in [0.5, 0.6) is 0 Å². The van der Waals surface area contributed by atoms with Gasteiger partial charge in [-0.15, -0.1) is 22.7 Å². The molecule has 318 valence electrons. The maximum Gasteiger partial charge on any atom is 0.114 e. The highest BCUT2D eigenvalue weighted by atomic mass is 79.9. The first-order chi connectivity index (χ1) is 30.1. The maximum atomic E-state index is 4.99. The molecule has 1 aliphatic rings. The Balaban J connectivity index is 1.17. The van der Waals surface area contributed by atoms with Gasteiger partial charge in [0.25, 0.3) is 0 Å². The monoisotopic (exact) mass is 926 g/mol. The molecule has 2 nitrogen and oxygen atoms in total. The maximum absolute atomic E-state index is 4.99. The van der Waals surface area contributed by atoms with Gasteiger partial charge >= 0.3 is 0 Å². The number of thiophene rings is 2. The smallest absolute Gasteiger partial charge is 0.114 e. The molecule has 0 radical (unpaired) electrons. The lowest BCUT2D eigenvalue weighted by atomic mass is 9.70. The first kappa shape index (κ1) is 44.2. The Morgan fingerprint density at radius 3 is 1.70 bits per heavy atom. The van der Waals surface area contributed by atoms with E-state index in [0.717, 1.165) is 26.8 Å². The molecule has 1 aliphatic carbocycles. The van der Waals surface area contributed by atoms with E-state index in [1.807, 2.05) is 11.3 Å². The van der Waals surface area contributed by atoms with Crippen molar-refractivity contribution in [3.63, 3.8) is 0 Å². The van der Waals surface area contributed by atoms with E-state index in [1.165, 1.54) is 181 Å². The molecule has 0 bridgehead atoms. The van der Waals surface area contributed by atoms with E-state index in [4.69, 9.17) is 8.75 Å². The highest BCUT2D eigenvalue weighted by Crippen LogP contribution is 2.56. The van der Waals surface area contributed by atoms with E-state index in [2.05, 4.69) is 134 Å². The molecule has 0 atom stereocenters. The normalized spacial score (nSPS) is 13.0. The summed E-state index contributed by atoms with van der Waals surface area (Å²) in [5.74, 6) is 0. The summed E-state index contributed by atoms with van der Waals surface area (Å²) in [7, 11) is 0. The van der Waals surface area contributed by atoms with Gasteiger partial charge in [0.15, 0.2) is 0 Å². The van der Waals surface area contributed by atoms with Crippen molar-refractivity contribution < 1.29 is 0 Å². The van der Waals surface area contributed by atoms with Crippen molar-refractivity contribution in [2.45, 2.75) is 148 Å². The minimum atomic E-state index is 0.0737. The predicted octanol–water partition coefficient (Wildman–Crippen LogP) is 19.1. The molecule has 0 N–H and O–H groups in total. The zero-order valence-electron chi connectivity index (χ0n) is 36.7. The van der Waals surface area contributed by atoms with Gasteiger partial charge in [-0.1, -0.05) is 196 Å². The zero-order chi connectivity index (χ0) is 42.0. The Hall–Kier alpha value is -3.42. The standard InChI is InChI=1S/C55H63BrN2S3/c1-4-7-10-13-15-23-34-55(35-24-16-14-11-8-5-2)47-29-22-21-28-42(47)43-31-30-41(36-48(43)55)53-40(27-18-12-9-6-3)37-49(59-53)44-32-33-45(52-51(44)57-61-58-52)50-38-46(54(56)60-50)39-25-19-17-20-26-39/h17,19-22,25-26,28-33,36-38H,4-16,18,23-24,27,34-35H2,1-3H3. The minimum absolute atomic E-state index is 0.0737. The summed E-state index contributed by atoms with van der Waals surface area (Å²) in [5, 5.41) is 0. The van der Waals surface area contributed by atoms with Crippen molar-refractivity contribution in [1.82, 2.24) is 8.75 Å². The van der Waals surface area contributed by atoms with Crippen LogP contribution in [0.25, 0.3) is 64.6 Å². The van der Waals surface area contributed by atoms with Crippen LogP contribution in [-0.4, -0.2) is 8.75 Å². The Kier molecular flexibility index (Phi) is 15.4. The molecule has 0 spiro atoms. The predicted molar refractivity (Wildman–Crippen MR) is 273 cm³/mol. The van der Waals surface area contributed by atoms with E-state index in [-0.39, 0.29) is 5.41 Å². The molecular weight excluding hydrogens is 865 g/mol. The second kappa shape index (κ2) is 21.3. The van der Waals surface area contributed by atoms with Gasteiger partial charge in [0.05, 0.1) is 15.5 Å². The topological polar surface area (TPSA) is 25.8 Å². The van der Waals surface area contributed by atoms with Crippen LogP contribution >= 0.6 is 50.3 Å². The fourth-order valence-electron chi connectivity index (χ4n) is 9.99. The summed E-state index contributed by atoms with van der Waals surface area (Å²) in [4.78, 5) is 3.95. The van der Waals surface area contributed by atoms with Crippen molar-refractivity contribution in [3.05, 3.63) is 118 Å². The molecule has 7 aromatic rings. The Morgan fingerprint density at radius 1 is 0.475 bits per heavy atom. The molecule has 4 aromatic carbocycles. The van der Waals surface area contributed by atoms with Crippen molar-refractivity contribution in [1.29, 1.82) is 0 Å². The van der Waals surface area contributed by atoms with Gasteiger partial charge in [-0.05, 0) is 98.8 Å². The first-order valence-corrected chi connectivity index (χ1v) is 26.7. The van der Waals surface area contributed by atoms with Crippen LogP contribution in [0.1, 0.15) is 153 Å². The van der Waals surface area contributed by atoms with Crippen molar-refractivity contribution in [2.75, 3.05) is 0 Å². The molecule has 61 heavy (non-hydrogen) atoms. The van der Waals surface area contributed by atoms with Crippen molar-refractivity contribution in [3.8, 4) is 53.6 Å². The van der Waals surface area contributed by atoms with Crippen LogP contribution in [-0.2, 0) is 11.8 Å². The molecule has 0 amide bonds. The summed E-state index contributed by atoms with van der Waals surface area (Å²) >= 11 is 8.97. The van der Waals surface area contributed by atoms with Gasteiger partial charge in [0.1, 0.15) is 11.0 Å². The third-order valence-electron chi connectivity index (χ3n) is 13.3. The SMILES string of the molecule is CCCCCCCCC1(CCCCCCCC)c2ccccc2-c2ccc(-c3sc(-c4ccc(-c5cc(-c6ccccc6)c(Br)s5)c5nsnc45)cc3CCCCCC)cc21. The molecule has 3 heterocycles. The van der Waals surface area contributed by atoms with Crippen LogP contribution < -0.4 is 0 Å². The number of hydrogen-bond acceptors (Lipinski definition) is 5. The van der Waals surface area contributed by atoms with Crippen LogP contribution in [0.4, 0.5) is 0 Å². The zero-order valence-corrected chi connectivity index (χ0v) is 40.7. The first-order valence-electron chi connectivity index (χ1n) is 23.5. The molecule has 0 unspecified atom stereocenters. The largest absolute Gasteiger partial charge is 0.172 e. The third kappa shape index (κ3) is 9.74. The molecule has 0 aliphatic heterocycles. The number of fused-ring (bicyclic) bond motifs is 4. The molecule has 8 rings (SSSR count). The fraction of sp³-hybridized carbons (Fsp3) is 0.418. The van der Waals surface area contributed by atoms with Gasteiger partial charge < -0.3 is 0 Å². The molecule has 0 fully saturated rings. The molecule has 6 heteroatoms. The van der Waals surface area contributed by atoms with Crippen molar-refractivity contribution in [2.24, 2.45) is 0 Å². The Morgan fingerprint density at radius 2 is 1.03 bits per heavy atom. The van der Waals surface area contributed by atoms with Gasteiger partial charge in [0.2, 0.25) is 0 Å². The highest BCUT2D eigenvalue weighted by molar-refractivity contribution is 9.11. The van der Waals surface area contributed by atoms with Gasteiger partial charge in [-0.2, -0.15) is 8.75 Å². The summed E-state index contributed by atoms with van der Waals surface area (Å²) in [6.07, 6.45) is 24.7. The number of nitrogens with zero attached hydrogens (tertiary/aromatic N) is 2. The number of benzene rings is 4. The van der Waals surface area contributed by atoms with Crippen LogP contribution in [0, 0.1) is 0 Å². The lowest BCUT2D eigenvalue weighted by Gasteiger charge is -2.33. The van der Waals surface area contributed by atoms with Crippen LogP contribution in [0.3, 0.4) is 0 Å². The summed E-state index contributed by atoms with van der Waals surface area (Å²) in [5.41, 5.74) is 15.9. The van der Waals surface area contributed by atoms with Crippen LogP contribution in [0.15, 0.2) is 101 Å². The number of unbranched alkanes of at least 4 members (excludes halogenated alkanes) is 13. The Bertz CT molecular complexity index is 2470. The van der Waals surface area contributed by atoms with Crippen molar-refractivity contribution >= 4 is 61.4 Å². The van der Waals surface area contributed by atoms with E-state index in [9.17, 15) is 0 Å². The number of rotatable bonds is 23. The minimum Gasteiger partial charge on any atom is -0.172 e. The summed E-state index contributed by atoms with van der Waals surface area (Å²) in [6.45, 7) is 6.96. The third-order valence-corrected chi connectivity index (χ3v) is 16.9. The Labute approximate surface area is 386 Å². The second-order valence-corrected chi connectivity index (χ2v) is 21.4. The van der Waals surface area contributed by atoms with E-state index in [1.54, 1.807) is 22.5 Å². The average molecular weight is 928 g/mol. The molecule has 0 saturated carbocycles. The van der Waals surface area contributed by atoms with Gasteiger partial charge in [0, 0.05) is 36.7 Å². The molecular formula is C55H63BrN2S3. The average Bonchev–Trinajstić information content (AvgIpc) is 4.10. The van der Waals surface area contributed by atoms with Gasteiger partial charge in [-0.25, -0.2) is 0 Å². The summed E-state index contributed by atoms with van der Waals surface area (Å²) < 4.78 is 11.1. The van der Waals surface area contributed by atoms with E-state index in [0.29, 0.717) is 0 Å². The molecule has 3 aromatic heterocycles. The van der Waals surface area contributed by atoms with Gasteiger partial charge in [-0.3, -0.25) is 0 Å². The summed E-state index contributed by atoms with van der Waals surface area (Å²) in [6, 6.07) is 37.1. The lowest BCUT2D eigenvalue weighted by molar-refractivity contribution is 0.398. The second-order valence-electron chi connectivity index (χ2n) is 17.5. The van der Waals surface area contributed by atoms with E-state index >= 15 is 0 Å². The number of aryl methyl sites for hydroxylation is 1. The fourth-order valence-corrected chi connectivity index (χ4v) is 13.6. The molecule has 0 saturated heterocycles. The van der Waals surface area contributed by atoms with Crippen LogP contribution in [0.2, 0.25) is 0 Å². The number of hydrogen-bond donors (Lipinski definition) is 0. The lowest BCUT2D eigenvalue weighted by Crippen LogP contribution is -2.25. The number of halogens is 1. The van der Waals surface area contributed by atoms with E-state index < -0.39 is 0 Å². The quantitative estimate of drug-likeness (QED) is 0.0598. The highest BCUT2D eigenvalue weighted by Gasteiger charge is 2.42. The number of aromatic nitrogens is 2.